The van der Waals surface area contributed by atoms with Crippen LogP contribution in [0.25, 0.3) is 0 Å². The van der Waals surface area contributed by atoms with E-state index in [-0.39, 0.29) is 31.1 Å². The zero-order chi connectivity index (χ0) is 23.7. The van der Waals surface area contributed by atoms with E-state index in [1.807, 2.05) is 0 Å². The minimum Gasteiger partial charge on any atom is -0.366 e. The molecule has 8 heteroatoms. The minimum atomic E-state index is -0.725. The van der Waals surface area contributed by atoms with Crippen molar-refractivity contribution >= 4 is 52.4 Å². The van der Waals surface area contributed by atoms with Gasteiger partial charge in [0.1, 0.15) is 0 Å². The van der Waals surface area contributed by atoms with Gasteiger partial charge in [0.25, 0.3) is 5.91 Å². The summed E-state index contributed by atoms with van der Waals surface area (Å²) in [6.07, 6.45) is 0.368. The number of benzene rings is 3. The maximum absolute atomic E-state index is 13.6. The highest BCUT2D eigenvalue weighted by Gasteiger charge is 2.35. The largest absolute Gasteiger partial charge is 0.366 e. The Kier molecular flexibility index (Phi) is 6.75. The van der Waals surface area contributed by atoms with Gasteiger partial charge in [-0.1, -0.05) is 53.0 Å². The number of hydrogen-bond donors (Lipinski definition) is 1. The Hall–Kier alpha value is -2.86. The van der Waals surface area contributed by atoms with Crippen LogP contribution in [0.4, 0.5) is 0 Å². The van der Waals surface area contributed by atoms with Crippen molar-refractivity contribution in [2.45, 2.75) is 25.4 Å². The highest BCUT2D eigenvalue weighted by Crippen LogP contribution is 2.29. The molecule has 1 aliphatic heterocycles. The van der Waals surface area contributed by atoms with Crippen molar-refractivity contribution in [3.05, 3.63) is 104 Å². The molecule has 168 valence electrons. The molecule has 3 aromatic rings. The van der Waals surface area contributed by atoms with Crippen LogP contribution in [0, 0.1) is 0 Å². The van der Waals surface area contributed by atoms with Gasteiger partial charge < -0.3 is 10.6 Å². The smallest absolute Gasteiger partial charge is 0.255 e. The standard InChI is InChI=1S/C25H19Cl3N2O3/c26-18-6-7-19-17(11-18)12-23(31)22(10-15-3-8-20(27)21(28)9-15)30(25(19)33)13-14-1-4-16(5-2-14)24(29)32/h1-9,11,22H,10,12-13H2,(H2,29,32)/t22-/m0/s1. The number of fused-ring (bicyclic) bond motifs is 1. The van der Waals surface area contributed by atoms with Gasteiger partial charge in [-0.2, -0.15) is 0 Å². The summed E-state index contributed by atoms with van der Waals surface area (Å²) < 4.78 is 0. The second kappa shape index (κ2) is 9.56. The molecule has 0 spiro atoms. The molecule has 2 amide bonds. The normalized spacial score (nSPS) is 15.8. The van der Waals surface area contributed by atoms with Crippen molar-refractivity contribution in [2.24, 2.45) is 5.73 Å². The number of nitrogens with zero attached hydrogens (tertiary/aromatic N) is 1. The van der Waals surface area contributed by atoms with Gasteiger partial charge in [-0.15, -0.1) is 0 Å². The lowest BCUT2D eigenvalue weighted by molar-refractivity contribution is -0.122. The van der Waals surface area contributed by atoms with Crippen LogP contribution in [0.2, 0.25) is 15.1 Å². The number of amides is 2. The third kappa shape index (κ3) is 5.06. The second-order valence-corrected chi connectivity index (χ2v) is 9.16. The molecule has 2 N–H and O–H groups in total. The van der Waals surface area contributed by atoms with E-state index in [2.05, 4.69) is 0 Å². The molecule has 33 heavy (non-hydrogen) atoms. The summed E-state index contributed by atoms with van der Waals surface area (Å²) in [5.74, 6) is -0.911. The Morgan fingerprint density at radius 1 is 0.909 bits per heavy atom. The summed E-state index contributed by atoms with van der Waals surface area (Å²) in [5.41, 5.74) is 8.28. The maximum atomic E-state index is 13.6. The fourth-order valence-corrected chi connectivity index (χ4v) is 4.48. The Bertz CT molecular complexity index is 1260. The van der Waals surface area contributed by atoms with E-state index in [0.29, 0.717) is 31.8 Å². The number of primary amides is 1. The summed E-state index contributed by atoms with van der Waals surface area (Å²) in [5, 5.41) is 1.26. The summed E-state index contributed by atoms with van der Waals surface area (Å²) in [4.78, 5) is 39.9. The highest BCUT2D eigenvalue weighted by atomic mass is 35.5. The Labute approximate surface area is 206 Å². The van der Waals surface area contributed by atoms with Crippen LogP contribution in [0.3, 0.4) is 0 Å². The van der Waals surface area contributed by atoms with E-state index in [1.54, 1.807) is 65.6 Å². The topological polar surface area (TPSA) is 80.5 Å². The van der Waals surface area contributed by atoms with Crippen LogP contribution in [-0.2, 0) is 24.2 Å². The monoisotopic (exact) mass is 500 g/mol. The Morgan fingerprint density at radius 2 is 1.61 bits per heavy atom. The second-order valence-electron chi connectivity index (χ2n) is 7.91. The van der Waals surface area contributed by atoms with Gasteiger partial charge in [0, 0.05) is 35.5 Å². The molecule has 1 aliphatic rings. The first-order valence-corrected chi connectivity index (χ1v) is 11.3. The van der Waals surface area contributed by atoms with E-state index in [9.17, 15) is 14.4 Å². The van der Waals surface area contributed by atoms with E-state index >= 15 is 0 Å². The number of hydrogen-bond acceptors (Lipinski definition) is 3. The summed E-state index contributed by atoms with van der Waals surface area (Å²) in [7, 11) is 0. The number of carbonyl (C=O) groups excluding carboxylic acids is 3. The van der Waals surface area contributed by atoms with E-state index in [0.717, 1.165) is 11.1 Å². The first-order chi connectivity index (χ1) is 15.7. The molecule has 0 bridgehead atoms. The average molecular weight is 502 g/mol. The quantitative estimate of drug-likeness (QED) is 0.527. The van der Waals surface area contributed by atoms with Gasteiger partial charge in [-0.3, -0.25) is 14.4 Å². The fraction of sp³-hybridized carbons (Fsp3) is 0.160. The van der Waals surface area contributed by atoms with Crippen LogP contribution in [0.5, 0.6) is 0 Å². The minimum absolute atomic E-state index is 0.0880. The molecule has 1 heterocycles. The lowest BCUT2D eigenvalue weighted by atomic mass is 9.97. The number of carbonyl (C=O) groups is 3. The van der Waals surface area contributed by atoms with Gasteiger partial charge >= 0.3 is 0 Å². The predicted molar refractivity (Wildman–Crippen MR) is 129 cm³/mol. The molecule has 0 aliphatic carbocycles. The maximum Gasteiger partial charge on any atom is 0.255 e. The molecule has 0 unspecified atom stereocenters. The summed E-state index contributed by atoms with van der Waals surface area (Å²) in [6.45, 7) is 0.178. The predicted octanol–water partition coefficient (Wildman–Crippen LogP) is 5.12. The zero-order valence-electron chi connectivity index (χ0n) is 17.4. The number of rotatable bonds is 5. The van der Waals surface area contributed by atoms with Crippen molar-refractivity contribution in [2.75, 3.05) is 0 Å². The van der Waals surface area contributed by atoms with Crippen LogP contribution in [0.1, 0.15) is 37.4 Å². The lowest BCUT2D eigenvalue weighted by Crippen LogP contribution is -2.44. The van der Waals surface area contributed by atoms with E-state index in [4.69, 9.17) is 40.5 Å². The molecule has 0 radical (unpaired) electrons. The van der Waals surface area contributed by atoms with E-state index < -0.39 is 11.9 Å². The van der Waals surface area contributed by atoms with Gasteiger partial charge in [0.05, 0.1) is 16.1 Å². The first kappa shape index (κ1) is 23.3. The van der Waals surface area contributed by atoms with Crippen molar-refractivity contribution in [1.82, 2.24) is 4.90 Å². The number of Topliss-reactive ketones (excluding diaryl/α,β-unsaturated/α-hetero) is 1. The third-order valence-electron chi connectivity index (χ3n) is 5.68. The van der Waals surface area contributed by atoms with Crippen LogP contribution >= 0.6 is 34.8 Å². The van der Waals surface area contributed by atoms with Crippen LogP contribution in [-0.4, -0.2) is 28.5 Å². The third-order valence-corrected chi connectivity index (χ3v) is 6.65. The van der Waals surface area contributed by atoms with E-state index in [1.165, 1.54) is 0 Å². The molecule has 5 nitrogen and oxygen atoms in total. The van der Waals surface area contributed by atoms with Gasteiger partial charge in [0.2, 0.25) is 5.91 Å². The Morgan fingerprint density at radius 3 is 2.27 bits per heavy atom. The van der Waals surface area contributed by atoms with Gasteiger partial charge in [-0.25, -0.2) is 0 Å². The molecular formula is C25H19Cl3N2O3. The molecule has 0 aromatic heterocycles. The van der Waals surface area contributed by atoms with Crippen molar-refractivity contribution < 1.29 is 14.4 Å². The lowest BCUT2D eigenvalue weighted by Gasteiger charge is -2.30. The molecular weight excluding hydrogens is 483 g/mol. The SMILES string of the molecule is NC(=O)c1ccc(CN2C(=O)c3ccc(Cl)cc3CC(=O)[C@@H]2Cc2ccc(Cl)c(Cl)c2)cc1. The summed E-state index contributed by atoms with van der Waals surface area (Å²) in [6, 6.07) is 16.0. The highest BCUT2D eigenvalue weighted by molar-refractivity contribution is 6.42. The van der Waals surface area contributed by atoms with Crippen LogP contribution < -0.4 is 5.73 Å². The Balaban J connectivity index is 1.73. The molecule has 0 saturated heterocycles. The summed E-state index contributed by atoms with van der Waals surface area (Å²) >= 11 is 18.3. The number of ketones is 1. The molecule has 0 fully saturated rings. The fourth-order valence-electron chi connectivity index (χ4n) is 3.96. The molecule has 4 rings (SSSR count). The molecule has 3 aromatic carbocycles. The molecule has 0 saturated carbocycles. The zero-order valence-corrected chi connectivity index (χ0v) is 19.6. The van der Waals surface area contributed by atoms with Crippen molar-refractivity contribution in [1.29, 1.82) is 0 Å². The van der Waals surface area contributed by atoms with Crippen molar-refractivity contribution in [3.63, 3.8) is 0 Å². The van der Waals surface area contributed by atoms with Crippen molar-refractivity contribution in [3.8, 4) is 0 Å². The van der Waals surface area contributed by atoms with Gasteiger partial charge in [-0.05, 0) is 59.2 Å². The number of nitrogens with two attached hydrogens (primary N) is 1. The molecule has 1 atom stereocenters. The van der Waals surface area contributed by atoms with Crippen LogP contribution in [0.15, 0.2) is 60.7 Å². The first-order valence-electron chi connectivity index (χ1n) is 10.2. The van der Waals surface area contributed by atoms with Gasteiger partial charge in [0.15, 0.2) is 5.78 Å². The number of halogens is 3. The average Bonchev–Trinajstić information content (AvgIpc) is 2.86.